The highest BCUT2D eigenvalue weighted by atomic mass is 19.1. The number of carbonyl (C=O) groups is 1. The van der Waals surface area contributed by atoms with E-state index in [0.29, 0.717) is 30.7 Å². The van der Waals surface area contributed by atoms with Crippen LogP contribution < -0.4 is 10.1 Å². The van der Waals surface area contributed by atoms with Crippen molar-refractivity contribution in [3.05, 3.63) is 29.6 Å². The maximum atomic E-state index is 14.0. The van der Waals surface area contributed by atoms with Gasteiger partial charge >= 0.3 is 0 Å². The fraction of sp³-hybridized carbons (Fsp3) is 0.588. The van der Waals surface area contributed by atoms with E-state index in [9.17, 15) is 14.3 Å². The molecule has 1 amide bonds. The second-order valence-electron chi connectivity index (χ2n) is 6.35. The molecule has 0 unspecified atom stereocenters. The average molecular weight is 324 g/mol. The van der Waals surface area contributed by atoms with Crippen LogP contribution in [0.5, 0.6) is 5.75 Å². The largest absolute Gasteiger partial charge is 0.497 e. The van der Waals surface area contributed by atoms with Crippen LogP contribution in [0, 0.1) is 5.82 Å². The van der Waals surface area contributed by atoms with Gasteiger partial charge in [-0.3, -0.25) is 4.79 Å². The number of carbonyl (C=O) groups excluding carboxylic acids is 1. The van der Waals surface area contributed by atoms with Gasteiger partial charge in [0.15, 0.2) is 5.60 Å². The van der Waals surface area contributed by atoms with Crippen LogP contribution in [0.3, 0.4) is 0 Å². The first-order chi connectivity index (χ1) is 10.9. The molecule has 1 fully saturated rings. The number of nitrogens with zero attached hydrogens (tertiary/aromatic N) is 1. The zero-order valence-corrected chi connectivity index (χ0v) is 13.9. The smallest absolute Gasteiger partial charge is 0.256 e. The van der Waals surface area contributed by atoms with Gasteiger partial charge in [-0.25, -0.2) is 4.39 Å². The standard InChI is InChI=1S/C17H25FN2O3/c1-12(2)19-11-17(22)7-4-8-20(16(17)21)10-13-9-14(23-3)5-6-15(13)18/h5-6,9,12,19,22H,4,7-8,10-11H2,1-3H3/t17-/m1/s1. The first-order valence-electron chi connectivity index (χ1n) is 7.93. The van der Waals surface area contributed by atoms with Crippen molar-refractivity contribution in [2.24, 2.45) is 0 Å². The SMILES string of the molecule is COc1ccc(F)c(CN2CCC[C@@](O)(CNC(C)C)C2=O)c1. The molecule has 0 saturated carbocycles. The minimum Gasteiger partial charge on any atom is -0.497 e. The highest BCUT2D eigenvalue weighted by Crippen LogP contribution is 2.25. The number of piperidine rings is 1. The van der Waals surface area contributed by atoms with Crippen LogP contribution in [0.4, 0.5) is 4.39 Å². The molecular formula is C17H25FN2O3. The number of hydrogen-bond acceptors (Lipinski definition) is 4. The van der Waals surface area contributed by atoms with Crippen LogP contribution in [0.2, 0.25) is 0 Å². The van der Waals surface area contributed by atoms with Crippen LogP contribution >= 0.6 is 0 Å². The van der Waals surface area contributed by atoms with Gasteiger partial charge in [0, 0.05) is 31.2 Å². The zero-order valence-electron chi connectivity index (χ0n) is 13.9. The van der Waals surface area contributed by atoms with Crippen LogP contribution in [-0.2, 0) is 11.3 Å². The van der Waals surface area contributed by atoms with Gasteiger partial charge in [-0.05, 0) is 31.0 Å². The Balaban J connectivity index is 2.12. The molecule has 5 nitrogen and oxygen atoms in total. The first-order valence-corrected chi connectivity index (χ1v) is 7.93. The van der Waals surface area contributed by atoms with Gasteiger partial charge in [0.1, 0.15) is 11.6 Å². The lowest BCUT2D eigenvalue weighted by atomic mass is 9.91. The Bertz CT molecular complexity index is 565. The number of benzene rings is 1. The van der Waals surface area contributed by atoms with E-state index in [-0.39, 0.29) is 30.9 Å². The van der Waals surface area contributed by atoms with E-state index < -0.39 is 5.60 Å². The fourth-order valence-corrected chi connectivity index (χ4v) is 2.76. The van der Waals surface area contributed by atoms with Crippen LogP contribution in [0.15, 0.2) is 18.2 Å². The molecule has 0 bridgehead atoms. The van der Waals surface area contributed by atoms with Crippen molar-refractivity contribution in [1.82, 2.24) is 10.2 Å². The molecule has 6 heteroatoms. The maximum Gasteiger partial charge on any atom is 0.256 e. The van der Waals surface area contributed by atoms with Gasteiger partial charge in [-0.2, -0.15) is 0 Å². The Hall–Kier alpha value is -1.66. The first kappa shape index (κ1) is 17.7. The number of hydrogen-bond donors (Lipinski definition) is 2. The number of rotatable bonds is 6. The summed E-state index contributed by atoms with van der Waals surface area (Å²) in [4.78, 5) is 14.1. The van der Waals surface area contributed by atoms with Crippen molar-refractivity contribution in [3.63, 3.8) is 0 Å². The molecule has 1 aromatic carbocycles. The van der Waals surface area contributed by atoms with Crippen LogP contribution in [0.1, 0.15) is 32.3 Å². The third-order valence-corrected chi connectivity index (χ3v) is 4.12. The van der Waals surface area contributed by atoms with Crippen molar-refractivity contribution in [2.75, 3.05) is 20.2 Å². The number of aliphatic hydroxyl groups is 1. The predicted molar refractivity (Wildman–Crippen MR) is 85.7 cm³/mol. The monoisotopic (exact) mass is 324 g/mol. The second-order valence-corrected chi connectivity index (χ2v) is 6.35. The van der Waals surface area contributed by atoms with Crippen LogP contribution in [-0.4, -0.2) is 47.8 Å². The zero-order chi connectivity index (χ0) is 17.0. The predicted octanol–water partition coefficient (Wildman–Crippen LogP) is 1.69. The lowest BCUT2D eigenvalue weighted by Crippen LogP contribution is -2.58. The molecule has 2 rings (SSSR count). The molecule has 128 valence electrons. The van der Waals surface area contributed by atoms with E-state index in [1.54, 1.807) is 12.1 Å². The number of amides is 1. The normalized spacial score (nSPS) is 21.8. The minimum absolute atomic E-state index is 0.131. The molecule has 1 heterocycles. The maximum absolute atomic E-state index is 14.0. The number of halogens is 1. The van der Waals surface area contributed by atoms with E-state index in [2.05, 4.69) is 5.32 Å². The van der Waals surface area contributed by atoms with Gasteiger partial charge in [-0.1, -0.05) is 13.8 Å². The van der Waals surface area contributed by atoms with E-state index in [1.165, 1.54) is 18.1 Å². The van der Waals surface area contributed by atoms with Crippen LogP contribution in [0.25, 0.3) is 0 Å². The highest BCUT2D eigenvalue weighted by molar-refractivity contribution is 5.86. The molecule has 1 atom stereocenters. The van der Waals surface area contributed by atoms with Gasteiger partial charge in [0.2, 0.25) is 0 Å². The second kappa shape index (κ2) is 7.27. The molecule has 1 aromatic rings. The number of ether oxygens (including phenoxy) is 1. The van der Waals surface area contributed by atoms with Crippen molar-refractivity contribution in [3.8, 4) is 5.75 Å². The van der Waals surface area contributed by atoms with Crippen molar-refractivity contribution < 1.29 is 19.0 Å². The lowest BCUT2D eigenvalue weighted by molar-refractivity contribution is -0.157. The van der Waals surface area contributed by atoms with Gasteiger partial charge in [0.25, 0.3) is 5.91 Å². The van der Waals surface area contributed by atoms with Gasteiger partial charge in [-0.15, -0.1) is 0 Å². The molecule has 1 saturated heterocycles. The topological polar surface area (TPSA) is 61.8 Å². The molecule has 23 heavy (non-hydrogen) atoms. The number of methoxy groups -OCH3 is 1. The molecule has 0 radical (unpaired) electrons. The summed E-state index contributed by atoms with van der Waals surface area (Å²) in [7, 11) is 1.51. The molecule has 0 aromatic heterocycles. The van der Waals surface area contributed by atoms with E-state index >= 15 is 0 Å². The Morgan fingerprint density at radius 1 is 1.48 bits per heavy atom. The number of likely N-dealkylation sites (tertiary alicyclic amines) is 1. The molecule has 2 N–H and O–H groups in total. The molecule has 0 aliphatic carbocycles. The van der Waals surface area contributed by atoms with Gasteiger partial charge < -0.3 is 20.1 Å². The minimum atomic E-state index is -1.42. The summed E-state index contributed by atoms with van der Waals surface area (Å²) < 4.78 is 19.1. The Labute approximate surface area is 136 Å². The summed E-state index contributed by atoms with van der Waals surface area (Å²) in [6.45, 7) is 4.77. The van der Waals surface area contributed by atoms with Crippen molar-refractivity contribution in [1.29, 1.82) is 0 Å². The van der Waals surface area contributed by atoms with E-state index in [1.807, 2.05) is 13.8 Å². The summed E-state index contributed by atoms with van der Waals surface area (Å²) in [5.74, 6) is -0.185. The summed E-state index contributed by atoms with van der Waals surface area (Å²) >= 11 is 0. The fourth-order valence-electron chi connectivity index (χ4n) is 2.76. The van der Waals surface area contributed by atoms with Crippen molar-refractivity contribution in [2.45, 2.75) is 44.9 Å². The average Bonchev–Trinajstić information content (AvgIpc) is 2.52. The van der Waals surface area contributed by atoms with E-state index in [0.717, 1.165) is 0 Å². The van der Waals surface area contributed by atoms with Gasteiger partial charge in [0.05, 0.1) is 7.11 Å². The Morgan fingerprint density at radius 2 is 2.22 bits per heavy atom. The lowest BCUT2D eigenvalue weighted by Gasteiger charge is -2.38. The summed E-state index contributed by atoms with van der Waals surface area (Å²) in [6.07, 6.45) is 1.11. The third-order valence-electron chi connectivity index (χ3n) is 4.12. The Kier molecular flexibility index (Phi) is 5.59. The Morgan fingerprint density at radius 3 is 2.87 bits per heavy atom. The quantitative estimate of drug-likeness (QED) is 0.836. The molecule has 1 aliphatic heterocycles. The van der Waals surface area contributed by atoms with E-state index in [4.69, 9.17) is 4.74 Å². The molecule has 1 aliphatic rings. The van der Waals surface area contributed by atoms with Crippen molar-refractivity contribution >= 4 is 5.91 Å². The number of nitrogens with one attached hydrogen (secondary N) is 1. The summed E-state index contributed by atoms with van der Waals surface area (Å²) in [5, 5.41) is 13.7. The molecular weight excluding hydrogens is 299 g/mol. The molecule has 0 spiro atoms. The third kappa shape index (κ3) is 4.20. The highest BCUT2D eigenvalue weighted by Gasteiger charge is 2.42. The summed E-state index contributed by atoms with van der Waals surface area (Å²) in [5.41, 5.74) is -1.03. The summed E-state index contributed by atoms with van der Waals surface area (Å²) in [6, 6.07) is 4.63.